The number of rotatable bonds is 3. The Kier molecular flexibility index (Phi) is 4.51. The van der Waals surface area contributed by atoms with Gasteiger partial charge in [0.05, 0.1) is 17.3 Å². The zero-order valence-electron chi connectivity index (χ0n) is 13.6. The number of aromatic nitrogens is 2. The number of carbonyl (C=O) groups excluding carboxylic acids is 1. The first-order valence-electron chi connectivity index (χ1n) is 8.34. The largest absolute Gasteiger partial charge is 0.352 e. The number of pyridine rings is 1. The highest BCUT2D eigenvalue weighted by Gasteiger charge is 2.18. The lowest BCUT2D eigenvalue weighted by atomic mass is 9.92. The topological polar surface area (TPSA) is 46.9 Å². The summed E-state index contributed by atoms with van der Waals surface area (Å²) >= 11 is 0. The molecular formula is C17H24BN3O. The summed E-state index contributed by atoms with van der Waals surface area (Å²) in [6, 6.07) is 0. The van der Waals surface area contributed by atoms with E-state index in [1.807, 2.05) is 38.1 Å². The third-order valence-corrected chi connectivity index (χ3v) is 4.86. The van der Waals surface area contributed by atoms with E-state index in [1.165, 1.54) is 38.5 Å². The second kappa shape index (κ2) is 6.55. The Morgan fingerprint density at radius 1 is 1.32 bits per heavy atom. The summed E-state index contributed by atoms with van der Waals surface area (Å²) in [5, 5.41) is 4.18. The molecule has 3 rings (SSSR count). The van der Waals surface area contributed by atoms with Crippen molar-refractivity contribution in [2.45, 2.75) is 38.5 Å². The smallest absolute Gasteiger partial charge is 0.253 e. The van der Waals surface area contributed by atoms with Gasteiger partial charge in [-0.1, -0.05) is 31.1 Å². The molecule has 22 heavy (non-hydrogen) atoms. The first-order chi connectivity index (χ1) is 10.7. The monoisotopic (exact) mass is 297 g/mol. The van der Waals surface area contributed by atoms with Crippen molar-refractivity contribution < 1.29 is 4.79 Å². The van der Waals surface area contributed by atoms with Crippen molar-refractivity contribution in [3.8, 4) is 0 Å². The van der Waals surface area contributed by atoms with Crippen LogP contribution in [0.3, 0.4) is 0 Å². The molecule has 0 saturated heterocycles. The number of nitrogens with one attached hydrogen (secondary N) is 1. The molecule has 2 aromatic rings. The van der Waals surface area contributed by atoms with Gasteiger partial charge in [-0.25, -0.2) is 0 Å². The third kappa shape index (κ3) is 3.03. The molecule has 5 heteroatoms. The summed E-state index contributed by atoms with van der Waals surface area (Å²) in [6.07, 6.45) is 13.4. The number of hydrogen-bond acceptors (Lipinski definition) is 2. The standard InChI is InChI=1S/C17H24BN3O/c1-21-11-13(16-14(18)9-19-10-15(16)21)17(22)20-8-12-6-4-2-3-5-7-12/h9-12H,2-8,18H2,1H3,(H,20,22). The van der Waals surface area contributed by atoms with Gasteiger partial charge in [-0.05, 0) is 18.8 Å². The van der Waals surface area contributed by atoms with Crippen molar-refractivity contribution in [1.29, 1.82) is 0 Å². The van der Waals surface area contributed by atoms with Crippen LogP contribution in [0.2, 0.25) is 0 Å². The Bertz CT molecular complexity index is 672. The van der Waals surface area contributed by atoms with E-state index in [-0.39, 0.29) is 5.91 Å². The van der Waals surface area contributed by atoms with Crippen LogP contribution in [0.4, 0.5) is 0 Å². The SMILES string of the molecule is Bc1cncc2c1c(C(=O)NCC1CCCCCC1)cn2C. The first kappa shape index (κ1) is 15.1. The maximum absolute atomic E-state index is 12.6. The van der Waals surface area contributed by atoms with Crippen LogP contribution in [0.25, 0.3) is 10.9 Å². The molecule has 0 spiro atoms. The Balaban J connectivity index is 1.75. The predicted octanol–water partition coefficient (Wildman–Crippen LogP) is 1.53. The van der Waals surface area contributed by atoms with Crippen molar-refractivity contribution in [2.75, 3.05) is 6.54 Å². The molecular weight excluding hydrogens is 273 g/mol. The molecule has 0 aromatic carbocycles. The van der Waals surface area contributed by atoms with Crippen LogP contribution < -0.4 is 10.8 Å². The molecule has 1 fully saturated rings. The van der Waals surface area contributed by atoms with Gasteiger partial charge in [0.1, 0.15) is 7.85 Å². The molecule has 0 radical (unpaired) electrons. The number of aryl methyl sites for hydroxylation is 1. The number of fused-ring (bicyclic) bond motifs is 1. The molecule has 1 aliphatic carbocycles. The number of amides is 1. The van der Waals surface area contributed by atoms with Gasteiger partial charge in [-0.3, -0.25) is 9.78 Å². The Labute approximate surface area is 132 Å². The van der Waals surface area contributed by atoms with Crippen LogP contribution in [-0.4, -0.2) is 29.8 Å². The summed E-state index contributed by atoms with van der Waals surface area (Å²) < 4.78 is 1.98. The molecule has 1 saturated carbocycles. The van der Waals surface area contributed by atoms with E-state index < -0.39 is 0 Å². The van der Waals surface area contributed by atoms with Gasteiger partial charge in [0.2, 0.25) is 0 Å². The molecule has 116 valence electrons. The predicted molar refractivity (Wildman–Crippen MR) is 92.4 cm³/mol. The van der Waals surface area contributed by atoms with Crippen LogP contribution >= 0.6 is 0 Å². The van der Waals surface area contributed by atoms with E-state index in [0.29, 0.717) is 5.92 Å². The van der Waals surface area contributed by atoms with Crippen molar-refractivity contribution >= 4 is 30.1 Å². The fourth-order valence-corrected chi connectivity index (χ4v) is 3.57. The molecule has 1 aliphatic rings. The van der Waals surface area contributed by atoms with E-state index in [0.717, 1.165) is 28.5 Å². The Hall–Kier alpha value is -1.78. The minimum Gasteiger partial charge on any atom is -0.352 e. The fraction of sp³-hybridized carbons (Fsp3) is 0.529. The van der Waals surface area contributed by atoms with Crippen LogP contribution in [0.1, 0.15) is 48.9 Å². The molecule has 0 atom stereocenters. The summed E-state index contributed by atoms with van der Waals surface area (Å²) in [4.78, 5) is 16.8. The van der Waals surface area contributed by atoms with Crippen molar-refractivity contribution in [3.05, 3.63) is 24.2 Å². The minimum absolute atomic E-state index is 0.0455. The lowest BCUT2D eigenvalue weighted by Crippen LogP contribution is -2.29. The average Bonchev–Trinajstić information content (AvgIpc) is 2.70. The average molecular weight is 297 g/mol. The Morgan fingerprint density at radius 3 is 2.77 bits per heavy atom. The summed E-state index contributed by atoms with van der Waals surface area (Å²) in [6.45, 7) is 0.805. The molecule has 1 amide bonds. The second-order valence-corrected chi connectivity index (χ2v) is 6.57. The highest BCUT2D eigenvalue weighted by molar-refractivity contribution is 6.40. The van der Waals surface area contributed by atoms with E-state index in [4.69, 9.17) is 0 Å². The molecule has 2 aromatic heterocycles. The molecule has 0 bridgehead atoms. The minimum atomic E-state index is 0.0455. The first-order valence-corrected chi connectivity index (χ1v) is 8.34. The highest BCUT2D eigenvalue weighted by atomic mass is 16.1. The normalized spacial score (nSPS) is 16.6. The van der Waals surface area contributed by atoms with Gasteiger partial charge in [0, 0.05) is 31.4 Å². The lowest BCUT2D eigenvalue weighted by Gasteiger charge is -2.14. The van der Waals surface area contributed by atoms with E-state index >= 15 is 0 Å². The van der Waals surface area contributed by atoms with Crippen LogP contribution in [-0.2, 0) is 7.05 Å². The van der Waals surface area contributed by atoms with Crippen LogP contribution in [0.15, 0.2) is 18.6 Å². The number of carbonyl (C=O) groups is 1. The van der Waals surface area contributed by atoms with Gasteiger partial charge in [-0.15, -0.1) is 0 Å². The van der Waals surface area contributed by atoms with Crippen molar-refractivity contribution in [1.82, 2.24) is 14.9 Å². The van der Waals surface area contributed by atoms with E-state index in [9.17, 15) is 4.79 Å². The Morgan fingerprint density at radius 2 is 2.05 bits per heavy atom. The van der Waals surface area contributed by atoms with Crippen LogP contribution in [0, 0.1) is 5.92 Å². The third-order valence-electron chi connectivity index (χ3n) is 4.86. The van der Waals surface area contributed by atoms with Crippen molar-refractivity contribution in [2.24, 2.45) is 13.0 Å². The zero-order valence-corrected chi connectivity index (χ0v) is 13.6. The van der Waals surface area contributed by atoms with E-state index in [1.54, 1.807) is 0 Å². The molecule has 4 nitrogen and oxygen atoms in total. The highest BCUT2D eigenvalue weighted by Crippen LogP contribution is 2.22. The van der Waals surface area contributed by atoms with Gasteiger partial charge in [-0.2, -0.15) is 0 Å². The number of nitrogens with zero attached hydrogens (tertiary/aromatic N) is 2. The maximum Gasteiger partial charge on any atom is 0.253 e. The summed E-state index contributed by atoms with van der Waals surface area (Å²) in [5.41, 5.74) is 2.84. The lowest BCUT2D eigenvalue weighted by molar-refractivity contribution is 0.0947. The van der Waals surface area contributed by atoms with Gasteiger partial charge in [0.25, 0.3) is 5.91 Å². The van der Waals surface area contributed by atoms with Crippen molar-refractivity contribution in [3.63, 3.8) is 0 Å². The zero-order chi connectivity index (χ0) is 15.5. The van der Waals surface area contributed by atoms with Gasteiger partial charge >= 0.3 is 0 Å². The van der Waals surface area contributed by atoms with Gasteiger partial charge in [0.15, 0.2) is 0 Å². The van der Waals surface area contributed by atoms with Crippen LogP contribution in [0.5, 0.6) is 0 Å². The number of hydrogen-bond donors (Lipinski definition) is 1. The molecule has 2 heterocycles. The van der Waals surface area contributed by atoms with E-state index in [2.05, 4.69) is 10.3 Å². The summed E-state index contributed by atoms with van der Waals surface area (Å²) in [7, 11) is 3.98. The molecule has 1 N–H and O–H groups in total. The summed E-state index contributed by atoms with van der Waals surface area (Å²) in [5.74, 6) is 0.688. The second-order valence-electron chi connectivity index (χ2n) is 6.57. The fourth-order valence-electron chi connectivity index (χ4n) is 3.57. The molecule has 0 aliphatic heterocycles. The molecule has 0 unspecified atom stereocenters. The quantitative estimate of drug-likeness (QED) is 0.690. The van der Waals surface area contributed by atoms with Gasteiger partial charge < -0.3 is 9.88 Å². The maximum atomic E-state index is 12.6.